The molecular formula is C14H11Cl3N2O3S. The van der Waals surface area contributed by atoms with Crippen LogP contribution in [0.2, 0.25) is 15.1 Å². The van der Waals surface area contributed by atoms with Gasteiger partial charge < -0.3 is 5.32 Å². The van der Waals surface area contributed by atoms with Gasteiger partial charge in [0.25, 0.3) is 10.0 Å². The molecule has 122 valence electrons. The number of sulfonamides is 1. The van der Waals surface area contributed by atoms with Crippen molar-refractivity contribution in [3.8, 4) is 0 Å². The van der Waals surface area contributed by atoms with E-state index in [4.69, 9.17) is 34.8 Å². The molecule has 2 aromatic rings. The van der Waals surface area contributed by atoms with Gasteiger partial charge in [0.05, 0.1) is 21.3 Å². The highest BCUT2D eigenvalue weighted by Crippen LogP contribution is 2.28. The van der Waals surface area contributed by atoms with E-state index < -0.39 is 10.0 Å². The number of anilines is 2. The van der Waals surface area contributed by atoms with Crippen molar-refractivity contribution < 1.29 is 13.2 Å². The Hall–Kier alpha value is -1.47. The summed E-state index contributed by atoms with van der Waals surface area (Å²) in [5.41, 5.74) is 0.550. The summed E-state index contributed by atoms with van der Waals surface area (Å²) in [7, 11) is -3.88. The molecule has 0 radical (unpaired) electrons. The zero-order valence-electron chi connectivity index (χ0n) is 11.7. The van der Waals surface area contributed by atoms with E-state index in [0.717, 1.165) is 0 Å². The van der Waals surface area contributed by atoms with E-state index in [1.165, 1.54) is 43.3 Å². The first-order valence-electron chi connectivity index (χ1n) is 6.23. The molecule has 0 heterocycles. The summed E-state index contributed by atoms with van der Waals surface area (Å²) < 4.78 is 27.1. The molecule has 0 saturated heterocycles. The maximum absolute atomic E-state index is 12.4. The van der Waals surface area contributed by atoms with Crippen molar-refractivity contribution in [1.82, 2.24) is 0 Å². The molecule has 0 saturated carbocycles. The number of amides is 1. The summed E-state index contributed by atoms with van der Waals surface area (Å²) in [4.78, 5) is 11.0. The van der Waals surface area contributed by atoms with Crippen molar-refractivity contribution in [1.29, 1.82) is 0 Å². The molecule has 0 aliphatic rings. The first-order valence-corrected chi connectivity index (χ1v) is 8.85. The summed E-state index contributed by atoms with van der Waals surface area (Å²) in [5, 5.41) is 3.20. The van der Waals surface area contributed by atoms with Crippen molar-refractivity contribution in [3.05, 3.63) is 51.5 Å². The Balaban J connectivity index is 2.32. The van der Waals surface area contributed by atoms with Crippen molar-refractivity contribution in [3.63, 3.8) is 0 Å². The fraction of sp³-hybridized carbons (Fsp3) is 0.0714. The van der Waals surface area contributed by atoms with Crippen LogP contribution in [0.1, 0.15) is 6.92 Å². The van der Waals surface area contributed by atoms with Crippen molar-refractivity contribution in [2.45, 2.75) is 11.8 Å². The van der Waals surface area contributed by atoms with Gasteiger partial charge in [-0.05, 0) is 36.4 Å². The number of halogens is 3. The second-order valence-corrected chi connectivity index (χ2v) is 7.55. The van der Waals surface area contributed by atoms with Gasteiger partial charge in [-0.3, -0.25) is 9.52 Å². The summed E-state index contributed by atoms with van der Waals surface area (Å²) >= 11 is 17.7. The molecule has 2 N–H and O–H groups in total. The third-order valence-corrected chi connectivity index (χ3v) is 4.80. The van der Waals surface area contributed by atoms with Crippen LogP contribution >= 0.6 is 34.8 Å². The van der Waals surface area contributed by atoms with Crippen LogP contribution in [0.3, 0.4) is 0 Å². The molecule has 0 aromatic heterocycles. The van der Waals surface area contributed by atoms with Crippen LogP contribution in [-0.4, -0.2) is 14.3 Å². The number of benzene rings is 2. The average molecular weight is 394 g/mol. The molecule has 0 fully saturated rings. The quantitative estimate of drug-likeness (QED) is 0.808. The third kappa shape index (κ3) is 4.75. The number of hydrogen-bond donors (Lipinski definition) is 2. The van der Waals surface area contributed by atoms with Crippen molar-refractivity contribution in [2.75, 3.05) is 10.0 Å². The Morgan fingerprint density at radius 2 is 1.61 bits per heavy atom. The summed E-state index contributed by atoms with van der Waals surface area (Å²) in [6, 6.07) is 8.31. The van der Waals surface area contributed by atoms with Gasteiger partial charge in [0.1, 0.15) is 0 Å². The van der Waals surface area contributed by atoms with Crippen LogP contribution in [0.5, 0.6) is 0 Å². The minimum absolute atomic E-state index is 0.0623. The van der Waals surface area contributed by atoms with Gasteiger partial charge >= 0.3 is 0 Å². The predicted octanol–water partition coefficient (Wildman–Crippen LogP) is 4.41. The van der Waals surface area contributed by atoms with Crippen LogP contribution in [0.4, 0.5) is 11.4 Å². The minimum Gasteiger partial charge on any atom is -0.325 e. The molecule has 0 spiro atoms. The van der Waals surface area contributed by atoms with Gasteiger partial charge in [0.15, 0.2) is 0 Å². The van der Waals surface area contributed by atoms with Gasteiger partial charge in [0.2, 0.25) is 5.91 Å². The maximum atomic E-state index is 12.4. The Kier molecular flexibility index (Phi) is 5.41. The molecule has 0 atom stereocenters. The number of hydrogen-bond acceptors (Lipinski definition) is 3. The molecular weight excluding hydrogens is 383 g/mol. The summed E-state index contributed by atoms with van der Waals surface area (Å²) in [5.74, 6) is -0.311. The maximum Gasteiger partial charge on any atom is 0.261 e. The average Bonchev–Trinajstić information content (AvgIpc) is 2.38. The fourth-order valence-electron chi connectivity index (χ4n) is 1.78. The SMILES string of the molecule is CC(=O)Nc1ccc(S(=O)(=O)Nc2cc(Cl)cc(Cl)c2)cc1Cl. The van der Waals surface area contributed by atoms with Crippen molar-refractivity contribution >= 4 is 62.1 Å². The molecule has 0 aliphatic carbocycles. The van der Waals surface area contributed by atoms with Gasteiger partial charge in [0, 0.05) is 17.0 Å². The molecule has 5 nitrogen and oxygen atoms in total. The third-order valence-electron chi connectivity index (χ3n) is 2.68. The summed E-state index contributed by atoms with van der Waals surface area (Å²) in [6.45, 7) is 1.32. The smallest absolute Gasteiger partial charge is 0.261 e. The van der Waals surface area contributed by atoms with Crippen LogP contribution in [0, 0.1) is 0 Å². The molecule has 0 bridgehead atoms. The van der Waals surface area contributed by atoms with Gasteiger partial charge in [-0.1, -0.05) is 34.8 Å². The van der Waals surface area contributed by atoms with Gasteiger partial charge in [-0.2, -0.15) is 0 Å². The molecule has 23 heavy (non-hydrogen) atoms. The summed E-state index contributed by atoms with van der Waals surface area (Å²) in [6.07, 6.45) is 0. The fourth-order valence-corrected chi connectivity index (χ4v) is 3.67. The highest BCUT2D eigenvalue weighted by molar-refractivity contribution is 7.92. The van der Waals surface area contributed by atoms with Gasteiger partial charge in [-0.15, -0.1) is 0 Å². The Labute approximate surface area is 148 Å². The van der Waals surface area contributed by atoms with Crippen LogP contribution in [-0.2, 0) is 14.8 Å². The second-order valence-electron chi connectivity index (χ2n) is 4.59. The normalized spacial score (nSPS) is 11.1. The van der Waals surface area contributed by atoms with Crippen molar-refractivity contribution in [2.24, 2.45) is 0 Å². The monoisotopic (exact) mass is 392 g/mol. The molecule has 2 rings (SSSR count). The van der Waals surface area contributed by atoms with E-state index in [-0.39, 0.29) is 21.5 Å². The van der Waals surface area contributed by atoms with E-state index in [1.54, 1.807) is 0 Å². The first kappa shape index (κ1) is 17.9. The van der Waals surface area contributed by atoms with E-state index >= 15 is 0 Å². The molecule has 0 unspecified atom stereocenters. The molecule has 1 amide bonds. The zero-order valence-corrected chi connectivity index (χ0v) is 14.8. The zero-order chi connectivity index (χ0) is 17.2. The number of rotatable bonds is 4. The topological polar surface area (TPSA) is 75.3 Å². The predicted molar refractivity (Wildman–Crippen MR) is 93.0 cm³/mol. The van der Waals surface area contributed by atoms with E-state index in [1.807, 2.05) is 0 Å². The lowest BCUT2D eigenvalue weighted by Gasteiger charge is -2.11. The lowest BCUT2D eigenvalue weighted by atomic mass is 10.3. The van der Waals surface area contributed by atoms with E-state index in [2.05, 4.69) is 10.0 Å². The Morgan fingerprint density at radius 1 is 1.00 bits per heavy atom. The largest absolute Gasteiger partial charge is 0.325 e. The minimum atomic E-state index is -3.88. The standard InChI is InChI=1S/C14H11Cl3N2O3S/c1-8(20)18-14-3-2-12(7-13(14)17)23(21,22)19-11-5-9(15)4-10(16)6-11/h2-7,19H,1H3,(H,18,20). The number of nitrogens with one attached hydrogen (secondary N) is 2. The lowest BCUT2D eigenvalue weighted by Crippen LogP contribution is -2.13. The van der Waals surface area contributed by atoms with Crippen LogP contribution in [0.25, 0.3) is 0 Å². The Bertz CT molecular complexity index is 849. The number of carbonyl (C=O) groups is 1. The second kappa shape index (κ2) is 6.97. The van der Waals surface area contributed by atoms with E-state index in [0.29, 0.717) is 15.7 Å². The van der Waals surface area contributed by atoms with Crippen LogP contribution < -0.4 is 10.0 Å². The highest BCUT2D eigenvalue weighted by Gasteiger charge is 2.17. The van der Waals surface area contributed by atoms with E-state index in [9.17, 15) is 13.2 Å². The van der Waals surface area contributed by atoms with Crippen LogP contribution in [0.15, 0.2) is 41.3 Å². The highest BCUT2D eigenvalue weighted by atomic mass is 35.5. The molecule has 2 aromatic carbocycles. The molecule has 9 heteroatoms. The first-order chi connectivity index (χ1) is 10.7. The van der Waals surface area contributed by atoms with Gasteiger partial charge in [-0.25, -0.2) is 8.42 Å². The Morgan fingerprint density at radius 3 is 2.13 bits per heavy atom. The number of carbonyl (C=O) groups excluding carboxylic acids is 1. The lowest BCUT2D eigenvalue weighted by molar-refractivity contribution is -0.114. The molecule has 0 aliphatic heterocycles.